The molecule has 3 rings (SSSR count). The van der Waals surface area contributed by atoms with Gasteiger partial charge in [0.2, 0.25) is 0 Å². The minimum atomic E-state index is -0.349. The summed E-state index contributed by atoms with van der Waals surface area (Å²) in [4.78, 5) is 16.5. The van der Waals surface area contributed by atoms with Crippen molar-refractivity contribution in [2.24, 2.45) is 0 Å². The predicted octanol–water partition coefficient (Wildman–Crippen LogP) is 2.90. The molecule has 1 saturated heterocycles. The molecule has 21 heavy (non-hydrogen) atoms. The summed E-state index contributed by atoms with van der Waals surface area (Å²) in [5, 5.41) is 5.33. The number of amides is 1. The molecule has 0 spiro atoms. The van der Waals surface area contributed by atoms with Crippen molar-refractivity contribution < 1.29 is 9.53 Å². The van der Waals surface area contributed by atoms with Crippen LogP contribution in [-0.2, 0) is 9.53 Å². The summed E-state index contributed by atoms with van der Waals surface area (Å²) in [6.45, 7) is 0.657. The fourth-order valence-electron chi connectivity index (χ4n) is 2.30. The molecule has 0 aliphatic carbocycles. The summed E-state index contributed by atoms with van der Waals surface area (Å²) < 4.78 is 5.47. The molecule has 1 aliphatic heterocycles. The van der Waals surface area contributed by atoms with Crippen LogP contribution in [0.5, 0.6) is 0 Å². The number of anilines is 2. The number of nitrogens with one attached hydrogen (secondary N) is 1. The van der Waals surface area contributed by atoms with Crippen molar-refractivity contribution in [2.45, 2.75) is 25.4 Å². The van der Waals surface area contributed by atoms with Crippen LogP contribution in [0.3, 0.4) is 0 Å². The van der Waals surface area contributed by atoms with Gasteiger partial charge in [-0.1, -0.05) is 12.1 Å². The van der Waals surface area contributed by atoms with Crippen LogP contribution in [0.1, 0.15) is 19.3 Å². The van der Waals surface area contributed by atoms with Crippen LogP contribution in [0.4, 0.5) is 10.8 Å². The van der Waals surface area contributed by atoms with E-state index in [4.69, 9.17) is 10.5 Å². The topological polar surface area (TPSA) is 77.2 Å². The molecule has 1 unspecified atom stereocenters. The molecule has 0 saturated carbocycles. The van der Waals surface area contributed by atoms with E-state index in [1.165, 1.54) is 11.3 Å². The van der Waals surface area contributed by atoms with Gasteiger partial charge >= 0.3 is 0 Å². The van der Waals surface area contributed by atoms with E-state index in [1.54, 1.807) is 0 Å². The van der Waals surface area contributed by atoms with Gasteiger partial charge in [0.15, 0.2) is 5.13 Å². The number of nitrogens with two attached hydrogens (primary N) is 1. The molecule has 1 atom stereocenters. The van der Waals surface area contributed by atoms with Gasteiger partial charge in [0.25, 0.3) is 5.91 Å². The first-order chi connectivity index (χ1) is 10.2. The summed E-state index contributed by atoms with van der Waals surface area (Å²) in [5.41, 5.74) is 8.22. The Morgan fingerprint density at radius 2 is 2.33 bits per heavy atom. The number of nitrogen functional groups attached to an aromatic ring is 1. The van der Waals surface area contributed by atoms with E-state index in [1.807, 2.05) is 29.6 Å². The van der Waals surface area contributed by atoms with E-state index in [-0.39, 0.29) is 12.0 Å². The Balaban J connectivity index is 1.69. The molecule has 5 nitrogen and oxygen atoms in total. The summed E-state index contributed by atoms with van der Waals surface area (Å²) in [7, 11) is 0. The number of hydrogen-bond acceptors (Lipinski definition) is 5. The van der Waals surface area contributed by atoms with Crippen molar-refractivity contribution in [1.82, 2.24) is 4.98 Å². The first-order valence-corrected chi connectivity index (χ1v) is 7.84. The number of nitrogens with zero attached hydrogens (tertiary/aromatic N) is 1. The van der Waals surface area contributed by atoms with Crippen LogP contribution in [0.25, 0.3) is 11.3 Å². The molecule has 6 heteroatoms. The largest absolute Gasteiger partial charge is 0.399 e. The molecule has 1 aliphatic rings. The maximum absolute atomic E-state index is 12.1. The first kappa shape index (κ1) is 14.0. The van der Waals surface area contributed by atoms with Gasteiger partial charge in [0.05, 0.1) is 5.69 Å². The summed E-state index contributed by atoms with van der Waals surface area (Å²) in [6.07, 6.45) is 2.49. The number of carbonyl (C=O) groups excluding carboxylic acids is 1. The Hall–Kier alpha value is -1.92. The number of rotatable bonds is 3. The number of thiazole rings is 1. The fourth-order valence-corrected chi connectivity index (χ4v) is 3.02. The minimum Gasteiger partial charge on any atom is -0.399 e. The van der Waals surface area contributed by atoms with Crippen LogP contribution in [-0.4, -0.2) is 23.6 Å². The molecule has 0 radical (unpaired) electrons. The van der Waals surface area contributed by atoms with E-state index in [0.717, 1.165) is 30.5 Å². The van der Waals surface area contributed by atoms with Gasteiger partial charge in [-0.25, -0.2) is 4.98 Å². The first-order valence-electron chi connectivity index (χ1n) is 6.96. The van der Waals surface area contributed by atoms with Crippen LogP contribution in [0.15, 0.2) is 29.6 Å². The molecular weight excluding hydrogens is 286 g/mol. The lowest BCUT2D eigenvalue weighted by Gasteiger charge is -2.20. The molecule has 3 N–H and O–H groups in total. The normalized spacial score (nSPS) is 18.4. The van der Waals surface area contributed by atoms with E-state index in [2.05, 4.69) is 10.3 Å². The van der Waals surface area contributed by atoms with Gasteiger partial charge in [-0.2, -0.15) is 0 Å². The van der Waals surface area contributed by atoms with E-state index >= 15 is 0 Å². The highest BCUT2D eigenvalue weighted by molar-refractivity contribution is 7.14. The van der Waals surface area contributed by atoms with Gasteiger partial charge in [-0.3, -0.25) is 10.1 Å². The molecule has 1 aromatic carbocycles. The van der Waals surface area contributed by atoms with Gasteiger partial charge in [0.1, 0.15) is 6.10 Å². The third-order valence-electron chi connectivity index (χ3n) is 3.39. The number of aromatic nitrogens is 1. The number of hydrogen-bond donors (Lipinski definition) is 2. The quantitative estimate of drug-likeness (QED) is 0.855. The molecule has 2 heterocycles. The average molecular weight is 303 g/mol. The van der Waals surface area contributed by atoms with Crippen molar-refractivity contribution in [3.05, 3.63) is 29.6 Å². The smallest absolute Gasteiger partial charge is 0.255 e. The van der Waals surface area contributed by atoms with Gasteiger partial charge < -0.3 is 10.5 Å². The van der Waals surface area contributed by atoms with Crippen molar-refractivity contribution in [3.8, 4) is 11.3 Å². The van der Waals surface area contributed by atoms with E-state index < -0.39 is 0 Å². The van der Waals surface area contributed by atoms with Crippen LogP contribution >= 0.6 is 11.3 Å². The molecule has 110 valence electrons. The zero-order chi connectivity index (χ0) is 14.7. The lowest BCUT2D eigenvalue weighted by Crippen LogP contribution is -2.33. The van der Waals surface area contributed by atoms with Crippen molar-refractivity contribution in [1.29, 1.82) is 0 Å². The molecule has 1 aromatic heterocycles. The highest BCUT2D eigenvalue weighted by Crippen LogP contribution is 2.26. The Morgan fingerprint density at radius 1 is 1.43 bits per heavy atom. The zero-order valence-corrected chi connectivity index (χ0v) is 12.4. The predicted molar refractivity (Wildman–Crippen MR) is 84.2 cm³/mol. The second kappa shape index (κ2) is 6.24. The maximum Gasteiger partial charge on any atom is 0.255 e. The molecule has 0 bridgehead atoms. The average Bonchev–Trinajstić information content (AvgIpc) is 2.97. The Bertz CT molecular complexity index is 635. The SMILES string of the molecule is Nc1cccc(-c2csc(NC(=O)C3CCCCO3)n2)c1. The fraction of sp³-hybridized carbons (Fsp3) is 0.333. The Kier molecular flexibility index (Phi) is 4.17. The molecular formula is C15H17N3O2S. The zero-order valence-electron chi connectivity index (χ0n) is 11.5. The summed E-state index contributed by atoms with van der Waals surface area (Å²) >= 11 is 1.40. The van der Waals surface area contributed by atoms with Gasteiger partial charge in [-0.15, -0.1) is 11.3 Å². The van der Waals surface area contributed by atoms with E-state index in [0.29, 0.717) is 17.4 Å². The number of ether oxygens (including phenoxy) is 1. The lowest BCUT2D eigenvalue weighted by molar-refractivity contribution is -0.129. The highest BCUT2D eigenvalue weighted by Gasteiger charge is 2.22. The summed E-state index contributed by atoms with van der Waals surface area (Å²) in [6, 6.07) is 7.53. The van der Waals surface area contributed by atoms with Gasteiger partial charge in [-0.05, 0) is 31.4 Å². The highest BCUT2D eigenvalue weighted by atomic mass is 32.1. The summed E-state index contributed by atoms with van der Waals surface area (Å²) in [5.74, 6) is -0.108. The van der Waals surface area contributed by atoms with Crippen LogP contribution in [0.2, 0.25) is 0 Å². The van der Waals surface area contributed by atoms with Crippen LogP contribution in [0, 0.1) is 0 Å². The third kappa shape index (κ3) is 3.40. The Morgan fingerprint density at radius 3 is 3.10 bits per heavy atom. The van der Waals surface area contributed by atoms with Crippen molar-refractivity contribution >= 4 is 28.1 Å². The van der Waals surface area contributed by atoms with Crippen LogP contribution < -0.4 is 11.1 Å². The molecule has 1 fully saturated rings. The number of carbonyl (C=O) groups is 1. The monoisotopic (exact) mass is 303 g/mol. The molecule has 1 amide bonds. The van der Waals surface area contributed by atoms with Gasteiger partial charge in [0, 0.05) is 23.2 Å². The lowest BCUT2D eigenvalue weighted by atomic mass is 10.1. The Labute approximate surface area is 127 Å². The van der Waals surface area contributed by atoms with Crippen molar-refractivity contribution in [2.75, 3.05) is 17.7 Å². The maximum atomic E-state index is 12.1. The van der Waals surface area contributed by atoms with Crippen molar-refractivity contribution in [3.63, 3.8) is 0 Å². The van der Waals surface area contributed by atoms with E-state index in [9.17, 15) is 4.79 Å². The minimum absolute atomic E-state index is 0.108. The standard InChI is InChI=1S/C15H17N3O2S/c16-11-5-3-4-10(8-11)12-9-21-15(17-12)18-14(19)13-6-1-2-7-20-13/h3-5,8-9,13H,1-2,6-7,16H2,(H,17,18,19). The number of benzene rings is 1. The molecule has 2 aromatic rings. The second-order valence-corrected chi connectivity index (χ2v) is 5.87. The third-order valence-corrected chi connectivity index (χ3v) is 4.15. The second-order valence-electron chi connectivity index (χ2n) is 5.01.